The van der Waals surface area contributed by atoms with Gasteiger partial charge in [-0.15, -0.1) is 0 Å². The number of amides is 1. The summed E-state index contributed by atoms with van der Waals surface area (Å²) in [6.07, 6.45) is 5.96. The molecule has 3 heterocycles. The molecule has 0 aliphatic rings. The molecule has 0 radical (unpaired) electrons. The number of halogens is 1. The lowest BCUT2D eigenvalue weighted by Crippen LogP contribution is -2.26. The van der Waals surface area contributed by atoms with Crippen LogP contribution in [0, 0.1) is 0 Å². The van der Waals surface area contributed by atoms with Crippen molar-refractivity contribution in [2.75, 3.05) is 6.54 Å². The van der Waals surface area contributed by atoms with Crippen LogP contribution in [0.25, 0.3) is 5.65 Å². The van der Waals surface area contributed by atoms with Gasteiger partial charge < -0.3 is 9.72 Å². The Kier molecular flexibility index (Phi) is 3.83. The molecule has 0 aromatic carbocycles. The van der Waals surface area contributed by atoms with E-state index in [0.29, 0.717) is 23.7 Å². The Balaban J connectivity index is 1.60. The van der Waals surface area contributed by atoms with E-state index in [1.165, 1.54) is 0 Å². The molecule has 0 bridgehead atoms. The molecule has 1 N–H and O–H groups in total. The van der Waals surface area contributed by atoms with Gasteiger partial charge >= 0.3 is 0 Å². The predicted molar refractivity (Wildman–Crippen MR) is 80.5 cm³/mol. The van der Waals surface area contributed by atoms with Gasteiger partial charge in [-0.05, 0) is 24.3 Å². The molecule has 0 aliphatic heterocycles. The van der Waals surface area contributed by atoms with Crippen LogP contribution in [-0.4, -0.2) is 26.8 Å². The van der Waals surface area contributed by atoms with E-state index in [0.717, 1.165) is 11.3 Å². The zero-order chi connectivity index (χ0) is 14.7. The minimum Gasteiger partial charge on any atom is -0.350 e. The highest BCUT2D eigenvalue weighted by molar-refractivity contribution is 6.30. The van der Waals surface area contributed by atoms with E-state index in [1.807, 2.05) is 16.7 Å². The molecular formula is C15H13ClN4O. The van der Waals surface area contributed by atoms with Crippen molar-refractivity contribution in [1.82, 2.24) is 19.7 Å². The van der Waals surface area contributed by atoms with Gasteiger partial charge in [0.2, 0.25) is 0 Å². The van der Waals surface area contributed by atoms with Gasteiger partial charge in [0.15, 0.2) is 0 Å². The highest BCUT2D eigenvalue weighted by Gasteiger charge is 2.06. The van der Waals surface area contributed by atoms with E-state index in [1.54, 1.807) is 36.7 Å². The average Bonchev–Trinajstić information content (AvgIpc) is 2.89. The number of carbonyl (C=O) groups is 1. The second-order valence-electron chi connectivity index (χ2n) is 4.57. The maximum atomic E-state index is 11.8. The van der Waals surface area contributed by atoms with Gasteiger partial charge in [-0.3, -0.25) is 9.78 Å². The third-order valence-electron chi connectivity index (χ3n) is 3.03. The van der Waals surface area contributed by atoms with Crippen molar-refractivity contribution in [3.63, 3.8) is 0 Å². The second-order valence-corrected chi connectivity index (χ2v) is 5.00. The number of nitrogens with zero attached hydrogens (tertiary/aromatic N) is 3. The molecule has 0 unspecified atom stereocenters. The van der Waals surface area contributed by atoms with Crippen molar-refractivity contribution in [2.24, 2.45) is 0 Å². The van der Waals surface area contributed by atoms with E-state index < -0.39 is 0 Å². The van der Waals surface area contributed by atoms with Gasteiger partial charge in [-0.1, -0.05) is 17.7 Å². The largest absolute Gasteiger partial charge is 0.350 e. The standard InChI is InChI=1S/C15H13ClN4O/c16-11-4-5-14-19-12(10-20(14)9-11)6-8-18-15(21)13-3-1-2-7-17-13/h1-5,7,9-10H,6,8H2,(H,18,21). The Labute approximate surface area is 126 Å². The molecule has 1 amide bonds. The first kappa shape index (κ1) is 13.6. The summed E-state index contributed by atoms with van der Waals surface area (Å²) in [5.41, 5.74) is 2.16. The fourth-order valence-corrected chi connectivity index (χ4v) is 2.20. The van der Waals surface area contributed by atoms with Crippen LogP contribution in [0.2, 0.25) is 5.02 Å². The first-order valence-corrected chi connectivity index (χ1v) is 6.92. The Hall–Kier alpha value is -2.40. The quantitative estimate of drug-likeness (QED) is 0.804. The predicted octanol–water partition coefficient (Wildman–Crippen LogP) is 2.36. The van der Waals surface area contributed by atoms with Crippen LogP contribution in [0.1, 0.15) is 16.2 Å². The molecule has 0 saturated heterocycles. The minimum absolute atomic E-state index is 0.178. The number of hydrogen-bond donors (Lipinski definition) is 1. The van der Waals surface area contributed by atoms with Crippen molar-refractivity contribution in [3.8, 4) is 0 Å². The third-order valence-corrected chi connectivity index (χ3v) is 3.25. The molecule has 0 atom stereocenters. The Bertz CT molecular complexity index is 770. The first-order valence-electron chi connectivity index (χ1n) is 6.55. The highest BCUT2D eigenvalue weighted by Crippen LogP contribution is 2.11. The van der Waals surface area contributed by atoms with Gasteiger partial charge in [-0.25, -0.2) is 4.98 Å². The molecule has 106 valence electrons. The van der Waals surface area contributed by atoms with Crippen LogP contribution in [0.5, 0.6) is 0 Å². The Morgan fingerprint density at radius 3 is 2.95 bits per heavy atom. The summed E-state index contributed by atoms with van der Waals surface area (Å²) < 4.78 is 1.87. The van der Waals surface area contributed by atoms with Crippen LogP contribution < -0.4 is 5.32 Å². The number of pyridine rings is 2. The van der Waals surface area contributed by atoms with Crippen LogP contribution in [0.15, 0.2) is 48.9 Å². The molecule has 6 heteroatoms. The summed E-state index contributed by atoms with van der Waals surface area (Å²) in [7, 11) is 0. The lowest BCUT2D eigenvalue weighted by atomic mass is 10.3. The van der Waals surface area contributed by atoms with Crippen molar-refractivity contribution in [2.45, 2.75) is 6.42 Å². The summed E-state index contributed by atoms with van der Waals surface area (Å²) in [6, 6.07) is 8.91. The number of rotatable bonds is 4. The maximum absolute atomic E-state index is 11.8. The average molecular weight is 301 g/mol. The maximum Gasteiger partial charge on any atom is 0.269 e. The lowest BCUT2D eigenvalue weighted by Gasteiger charge is -2.02. The number of imidazole rings is 1. The van der Waals surface area contributed by atoms with Gasteiger partial charge in [0, 0.05) is 31.6 Å². The van der Waals surface area contributed by atoms with Gasteiger partial charge in [0.1, 0.15) is 11.3 Å². The fourth-order valence-electron chi connectivity index (χ4n) is 2.03. The smallest absolute Gasteiger partial charge is 0.269 e. The Morgan fingerprint density at radius 1 is 1.24 bits per heavy atom. The fraction of sp³-hybridized carbons (Fsp3) is 0.133. The second kappa shape index (κ2) is 5.93. The van der Waals surface area contributed by atoms with Crippen molar-refractivity contribution in [3.05, 3.63) is 65.3 Å². The highest BCUT2D eigenvalue weighted by atomic mass is 35.5. The lowest BCUT2D eigenvalue weighted by molar-refractivity contribution is 0.0949. The monoisotopic (exact) mass is 300 g/mol. The summed E-state index contributed by atoms with van der Waals surface area (Å²) in [6.45, 7) is 0.507. The molecule has 21 heavy (non-hydrogen) atoms. The summed E-state index contributed by atoms with van der Waals surface area (Å²) in [5.74, 6) is -0.178. The summed E-state index contributed by atoms with van der Waals surface area (Å²) >= 11 is 5.93. The minimum atomic E-state index is -0.178. The normalized spacial score (nSPS) is 10.7. The number of carbonyl (C=O) groups excluding carboxylic acids is 1. The number of aromatic nitrogens is 3. The van der Waals surface area contributed by atoms with Crippen LogP contribution in [0.4, 0.5) is 0 Å². The molecule has 0 fully saturated rings. The van der Waals surface area contributed by atoms with E-state index in [9.17, 15) is 4.79 Å². The SMILES string of the molecule is O=C(NCCc1cn2cc(Cl)ccc2n1)c1ccccn1. The van der Waals surface area contributed by atoms with Gasteiger partial charge in [-0.2, -0.15) is 0 Å². The molecule has 3 aromatic rings. The molecule has 0 spiro atoms. The van der Waals surface area contributed by atoms with Gasteiger partial charge in [0.05, 0.1) is 10.7 Å². The Morgan fingerprint density at radius 2 is 2.14 bits per heavy atom. The molecule has 3 rings (SSSR count). The van der Waals surface area contributed by atoms with Crippen LogP contribution in [0.3, 0.4) is 0 Å². The van der Waals surface area contributed by atoms with Crippen LogP contribution >= 0.6 is 11.6 Å². The topological polar surface area (TPSA) is 59.3 Å². The number of fused-ring (bicyclic) bond motifs is 1. The molecular weight excluding hydrogens is 288 g/mol. The zero-order valence-electron chi connectivity index (χ0n) is 11.2. The van der Waals surface area contributed by atoms with E-state index >= 15 is 0 Å². The molecule has 0 saturated carbocycles. The zero-order valence-corrected chi connectivity index (χ0v) is 11.9. The summed E-state index contributed by atoms with van der Waals surface area (Å²) in [5, 5.41) is 3.49. The van der Waals surface area contributed by atoms with E-state index in [2.05, 4.69) is 15.3 Å². The third kappa shape index (κ3) is 3.20. The van der Waals surface area contributed by atoms with Crippen LogP contribution in [-0.2, 0) is 6.42 Å². The number of hydrogen-bond acceptors (Lipinski definition) is 3. The first-order chi connectivity index (χ1) is 10.2. The van der Waals surface area contributed by atoms with Gasteiger partial charge in [0.25, 0.3) is 5.91 Å². The van der Waals surface area contributed by atoms with E-state index in [4.69, 9.17) is 11.6 Å². The van der Waals surface area contributed by atoms with Crippen molar-refractivity contribution >= 4 is 23.2 Å². The number of nitrogens with one attached hydrogen (secondary N) is 1. The molecule has 3 aromatic heterocycles. The molecule has 5 nitrogen and oxygen atoms in total. The van der Waals surface area contributed by atoms with Crippen molar-refractivity contribution < 1.29 is 4.79 Å². The van der Waals surface area contributed by atoms with Crippen molar-refractivity contribution in [1.29, 1.82) is 0 Å². The summed E-state index contributed by atoms with van der Waals surface area (Å²) in [4.78, 5) is 20.3. The molecule has 0 aliphatic carbocycles. The van der Waals surface area contributed by atoms with E-state index in [-0.39, 0.29) is 5.91 Å².